The molecule has 2 amide bonds. The SMILES string of the molecule is CCCCCCCCCCN1C(=O)C(c2ccccc2)=C(N2CCCc3ccccc32)C1=O. The summed E-state index contributed by atoms with van der Waals surface area (Å²) in [7, 11) is 0. The Balaban J connectivity index is 1.52. The van der Waals surface area contributed by atoms with E-state index in [1.807, 2.05) is 42.5 Å². The van der Waals surface area contributed by atoms with Crippen LogP contribution in [0.1, 0.15) is 75.8 Å². The number of unbranched alkanes of at least 4 members (excludes halogenated alkanes) is 7. The van der Waals surface area contributed by atoms with Crippen molar-refractivity contribution in [3.63, 3.8) is 0 Å². The van der Waals surface area contributed by atoms with Crippen LogP contribution < -0.4 is 4.90 Å². The topological polar surface area (TPSA) is 40.6 Å². The van der Waals surface area contributed by atoms with Crippen LogP contribution in [-0.2, 0) is 16.0 Å². The molecular weight excluding hydrogens is 408 g/mol. The van der Waals surface area contributed by atoms with Crippen LogP contribution in [0.2, 0.25) is 0 Å². The van der Waals surface area contributed by atoms with E-state index in [0.717, 1.165) is 43.5 Å². The van der Waals surface area contributed by atoms with Crippen LogP contribution in [0.5, 0.6) is 0 Å². The standard InChI is InChI=1S/C29H36N2O2/c1-2-3-4-5-6-7-8-14-21-31-28(32)26(24-17-10-9-11-18-24)27(29(31)33)30-22-15-19-23-16-12-13-20-25(23)30/h9-13,16-18,20H,2-8,14-15,19,21-22H2,1H3. The number of carbonyl (C=O) groups is 2. The number of benzene rings is 2. The molecule has 4 heteroatoms. The van der Waals surface area contributed by atoms with Crippen LogP contribution in [0.15, 0.2) is 60.3 Å². The molecule has 0 bridgehead atoms. The Kier molecular flexibility index (Phi) is 7.98. The molecule has 4 nitrogen and oxygen atoms in total. The molecule has 0 saturated heterocycles. The molecule has 0 unspecified atom stereocenters. The highest BCUT2D eigenvalue weighted by Crippen LogP contribution is 2.37. The fourth-order valence-electron chi connectivity index (χ4n) is 5.05. The second-order valence-electron chi connectivity index (χ2n) is 9.21. The van der Waals surface area contributed by atoms with Crippen LogP contribution in [0.4, 0.5) is 5.69 Å². The Labute approximate surface area is 198 Å². The number of carbonyl (C=O) groups excluding carboxylic acids is 2. The first-order chi connectivity index (χ1) is 16.2. The Bertz CT molecular complexity index is 996. The van der Waals surface area contributed by atoms with Gasteiger partial charge in [0.1, 0.15) is 5.70 Å². The summed E-state index contributed by atoms with van der Waals surface area (Å²) in [5, 5.41) is 0. The molecule has 0 fully saturated rings. The summed E-state index contributed by atoms with van der Waals surface area (Å²) in [6, 6.07) is 18.0. The second-order valence-corrected chi connectivity index (χ2v) is 9.21. The molecule has 33 heavy (non-hydrogen) atoms. The lowest BCUT2D eigenvalue weighted by Crippen LogP contribution is -2.37. The number of amides is 2. The second kappa shape index (κ2) is 11.3. The van der Waals surface area contributed by atoms with Gasteiger partial charge in [-0.2, -0.15) is 0 Å². The summed E-state index contributed by atoms with van der Waals surface area (Å²) in [6.45, 7) is 3.49. The van der Waals surface area contributed by atoms with Crippen LogP contribution >= 0.6 is 0 Å². The van der Waals surface area contributed by atoms with E-state index in [1.165, 1.54) is 49.0 Å². The first-order valence-corrected chi connectivity index (χ1v) is 12.7. The van der Waals surface area contributed by atoms with E-state index >= 15 is 0 Å². The largest absolute Gasteiger partial charge is 0.336 e. The summed E-state index contributed by atoms with van der Waals surface area (Å²) < 4.78 is 0. The Hall–Kier alpha value is -2.88. The van der Waals surface area contributed by atoms with Gasteiger partial charge in [-0.3, -0.25) is 14.5 Å². The van der Waals surface area contributed by atoms with Gasteiger partial charge in [0, 0.05) is 18.8 Å². The van der Waals surface area contributed by atoms with Gasteiger partial charge in [0.2, 0.25) is 0 Å². The molecule has 4 rings (SSSR count). The van der Waals surface area contributed by atoms with Crippen molar-refractivity contribution in [2.75, 3.05) is 18.0 Å². The van der Waals surface area contributed by atoms with Gasteiger partial charge in [0.05, 0.1) is 5.57 Å². The number of aryl methyl sites for hydroxylation is 1. The Morgan fingerprint density at radius 1 is 0.758 bits per heavy atom. The molecule has 0 N–H and O–H groups in total. The zero-order valence-electron chi connectivity index (χ0n) is 19.9. The first-order valence-electron chi connectivity index (χ1n) is 12.7. The maximum absolute atomic E-state index is 13.7. The maximum Gasteiger partial charge on any atom is 0.278 e. The van der Waals surface area contributed by atoms with Gasteiger partial charge >= 0.3 is 0 Å². The van der Waals surface area contributed by atoms with E-state index in [4.69, 9.17) is 0 Å². The number of rotatable bonds is 11. The fourth-order valence-corrected chi connectivity index (χ4v) is 5.05. The van der Waals surface area contributed by atoms with Crippen molar-refractivity contribution >= 4 is 23.1 Å². The smallest absolute Gasteiger partial charge is 0.278 e. The average molecular weight is 445 g/mol. The lowest BCUT2D eigenvalue weighted by Gasteiger charge is -2.32. The van der Waals surface area contributed by atoms with Crippen LogP contribution in [0, 0.1) is 0 Å². The molecule has 0 atom stereocenters. The van der Waals surface area contributed by atoms with Gasteiger partial charge in [-0.25, -0.2) is 0 Å². The number of hydrogen-bond donors (Lipinski definition) is 0. The van der Waals surface area contributed by atoms with E-state index in [9.17, 15) is 9.59 Å². The zero-order chi connectivity index (χ0) is 23.0. The number of fused-ring (bicyclic) bond motifs is 1. The number of anilines is 1. The summed E-state index contributed by atoms with van der Waals surface area (Å²) in [6.07, 6.45) is 11.5. The molecule has 0 saturated carbocycles. The van der Waals surface area contributed by atoms with Gasteiger partial charge in [-0.05, 0) is 36.5 Å². The number of imide groups is 1. The minimum Gasteiger partial charge on any atom is -0.336 e. The third-order valence-electron chi connectivity index (χ3n) is 6.82. The third kappa shape index (κ3) is 5.21. The van der Waals surface area contributed by atoms with Crippen molar-refractivity contribution < 1.29 is 9.59 Å². The minimum absolute atomic E-state index is 0.140. The van der Waals surface area contributed by atoms with E-state index in [2.05, 4.69) is 24.0 Å². The maximum atomic E-state index is 13.7. The van der Waals surface area contributed by atoms with Gasteiger partial charge in [-0.1, -0.05) is 100 Å². The molecule has 0 radical (unpaired) electrons. The van der Waals surface area contributed by atoms with Crippen molar-refractivity contribution in [3.05, 3.63) is 71.4 Å². The normalized spacial score (nSPS) is 16.0. The molecule has 2 heterocycles. The van der Waals surface area contributed by atoms with Crippen LogP contribution in [0.25, 0.3) is 5.57 Å². The molecule has 0 spiro atoms. The highest BCUT2D eigenvalue weighted by atomic mass is 16.2. The number of hydrogen-bond acceptors (Lipinski definition) is 3. The Morgan fingerprint density at radius 3 is 2.18 bits per heavy atom. The number of nitrogens with zero attached hydrogens (tertiary/aromatic N) is 2. The summed E-state index contributed by atoms with van der Waals surface area (Å²) in [4.78, 5) is 30.8. The molecule has 0 aromatic heterocycles. The van der Waals surface area contributed by atoms with Crippen LogP contribution in [-0.4, -0.2) is 29.8 Å². The van der Waals surface area contributed by atoms with Crippen molar-refractivity contribution in [2.45, 2.75) is 71.1 Å². The highest BCUT2D eigenvalue weighted by Gasteiger charge is 2.42. The van der Waals surface area contributed by atoms with E-state index in [-0.39, 0.29) is 11.8 Å². The minimum atomic E-state index is -0.146. The predicted molar refractivity (Wildman–Crippen MR) is 135 cm³/mol. The fraction of sp³-hybridized carbons (Fsp3) is 0.448. The van der Waals surface area contributed by atoms with Gasteiger partial charge in [0.15, 0.2) is 0 Å². The molecular formula is C29H36N2O2. The third-order valence-corrected chi connectivity index (χ3v) is 6.82. The molecule has 174 valence electrons. The monoisotopic (exact) mass is 444 g/mol. The van der Waals surface area contributed by atoms with E-state index < -0.39 is 0 Å². The lowest BCUT2D eigenvalue weighted by molar-refractivity contribution is -0.137. The first kappa shape index (κ1) is 23.3. The van der Waals surface area contributed by atoms with Crippen LogP contribution in [0.3, 0.4) is 0 Å². The molecule has 2 aliphatic heterocycles. The van der Waals surface area contributed by atoms with E-state index in [1.54, 1.807) is 0 Å². The van der Waals surface area contributed by atoms with Gasteiger partial charge in [0.25, 0.3) is 11.8 Å². The predicted octanol–water partition coefficient (Wildman–Crippen LogP) is 6.36. The summed E-state index contributed by atoms with van der Waals surface area (Å²) in [5.41, 5.74) is 4.23. The molecule has 0 aliphatic carbocycles. The highest BCUT2D eigenvalue weighted by molar-refractivity contribution is 6.36. The summed E-state index contributed by atoms with van der Waals surface area (Å²) >= 11 is 0. The van der Waals surface area contributed by atoms with Gasteiger partial charge < -0.3 is 4.90 Å². The van der Waals surface area contributed by atoms with Crippen molar-refractivity contribution in [2.24, 2.45) is 0 Å². The van der Waals surface area contributed by atoms with Crippen molar-refractivity contribution in [3.8, 4) is 0 Å². The molecule has 2 aromatic carbocycles. The van der Waals surface area contributed by atoms with Crippen molar-refractivity contribution in [1.82, 2.24) is 4.90 Å². The number of para-hydroxylation sites is 1. The lowest BCUT2D eigenvalue weighted by atomic mass is 9.98. The summed E-state index contributed by atoms with van der Waals surface area (Å²) in [5.74, 6) is -0.286. The molecule has 2 aromatic rings. The van der Waals surface area contributed by atoms with Gasteiger partial charge in [-0.15, -0.1) is 0 Å². The zero-order valence-corrected chi connectivity index (χ0v) is 19.9. The van der Waals surface area contributed by atoms with Crippen molar-refractivity contribution in [1.29, 1.82) is 0 Å². The Morgan fingerprint density at radius 2 is 1.42 bits per heavy atom. The average Bonchev–Trinajstić information content (AvgIpc) is 3.10. The van der Waals surface area contributed by atoms with E-state index in [0.29, 0.717) is 17.8 Å². The quantitative estimate of drug-likeness (QED) is 0.299. The molecule has 2 aliphatic rings.